The van der Waals surface area contributed by atoms with Crippen LogP contribution in [0.5, 0.6) is 0 Å². The number of hydrogen-bond acceptors (Lipinski definition) is 2. The van der Waals surface area contributed by atoms with Crippen LogP contribution >= 0.6 is 0 Å². The largest absolute Gasteiger partial charge is 0.416 e. The highest BCUT2D eigenvalue weighted by molar-refractivity contribution is 5.77. The molecule has 4 rings (SSSR count). The fourth-order valence-electron chi connectivity index (χ4n) is 3.74. The maximum Gasteiger partial charge on any atom is 0.416 e. The SMILES string of the molecule is NC(=O)C1CCc2cnn(-c3cccc(C(F)(F)F)c3C3CC3)c2C1. The van der Waals surface area contributed by atoms with Gasteiger partial charge in [0.15, 0.2) is 0 Å². The Balaban J connectivity index is 1.85. The normalized spacial score (nSPS) is 20.4. The Bertz CT molecular complexity index is 837. The number of halogens is 3. The van der Waals surface area contributed by atoms with Gasteiger partial charge in [-0.25, -0.2) is 4.68 Å². The monoisotopic (exact) mass is 349 g/mol. The van der Waals surface area contributed by atoms with E-state index in [9.17, 15) is 18.0 Å². The van der Waals surface area contributed by atoms with Gasteiger partial charge >= 0.3 is 6.18 Å². The van der Waals surface area contributed by atoms with Crippen molar-refractivity contribution in [2.24, 2.45) is 11.7 Å². The van der Waals surface area contributed by atoms with E-state index in [1.54, 1.807) is 16.9 Å². The molecule has 2 aliphatic rings. The number of hydrogen-bond donors (Lipinski definition) is 1. The maximum atomic E-state index is 13.5. The summed E-state index contributed by atoms with van der Waals surface area (Å²) in [6.45, 7) is 0. The van der Waals surface area contributed by atoms with Crippen molar-refractivity contribution in [3.63, 3.8) is 0 Å². The third kappa shape index (κ3) is 2.81. The molecule has 25 heavy (non-hydrogen) atoms. The Morgan fingerprint density at radius 2 is 2.00 bits per heavy atom. The van der Waals surface area contributed by atoms with E-state index in [-0.39, 0.29) is 17.7 Å². The molecule has 0 bridgehead atoms. The van der Waals surface area contributed by atoms with Crippen molar-refractivity contribution in [3.8, 4) is 5.69 Å². The van der Waals surface area contributed by atoms with Gasteiger partial charge in [-0.15, -0.1) is 0 Å². The number of amides is 1. The van der Waals surface area contributed by atoms with Gasteiger partial charge in [0.1, 0.15) is 0 Å². The van der Waals surface area contributed by atoms with Crippen molar-refractivity contribution in [2.45, 2.75) is 44.2 Å². The van der Waals surface area contributed by atoms with Crippen LogP contribution in [0.15, 0.2) is 24.4 Å². The van der Waals surface area contributed by atoms with Gasteiger partial charge in [0, 0.05) is 18.0 Å². The average Bonchev–Trinajstić information content (AvgIpc) is 3.32. The number of nitrogens with two attached hydrogens (primary N) is 1. The van der Waals surface area contributed by atoms with Crippen LogP contribution in [0.25, 0.3) is 5.69 Å². The molecule has 1 saturated carbocycles. The number of aromatic nitrogens is 2. The molecule has 0 saturated heterocycles. The first-order valence-corrected chi connectivity index (χ1v) is 8.42. The van der Waals surface area contributed by atoms with Crippen LogP contribution < -0.4 is 5.73 Å². The summed E-state index contributed by atoms with van der Waals surface area (Å²) in [5.41, 5.74) is 7.43. The Kier molecular flexibility index (Phi) is 3.63. The van der Waals surface area contributed by atoms with Crippen molar-refractivity contribution < 1.29 is 18.0 Å². The van der Waals surface area contributed by atoms with Gasteiger partial charge in [0.2, 0.25) is 5.91 Å². The molecule has 2 N–H and O–H groups in total. The van der Waals surface area contributed by atoms with Crippen LogP contribution in [0.4, 0.5) is 13.2 Å². The summed E-state index contributed by atoms with van der Waals surface area (Å²) in [5.74, 6) is -0.744. The summed E-state index contributed by atoms with van der Waals surface area (Å²) in [6, 6.07) is 4.25. The highest BCUT2D eigenvalue weighted by Gasteiger charge is 2.40. The molecule has 0 aliphatic heterocycles. The first-order valence-electron chi connectivity index (χ1n) is 8.42. The molecular formula is C18H18F3N3O. The molecule has 1 heterocycles. The number of aryl methyl sites for hydroxylation is 1. The smallest absolute Gasteiger partial charge is 0.369 e. The first kappa shape index (κ1) is 16.2. The average molecular weight is 349 g/mol. The van der Waals surface area contributed by atoms with Crippen LogP contribution in [-0.4, -0.2) is 15.7 Å². The van der Waals surface area contributed by atoms with E-state index < -0.39 is 11.7 Å². The lowest BCUT2D eigenvalue weighted by atomic mass is 9.87. The third-order valence-electron chi connectivity index (χ3n) is 5.16. The van der Waals surface area contributed by atoms with E-state index in [1.807, 2.05) is 0 Å². The van der Waals surface area contributed by atoms with Gasteiger partial charge in [-0.2, -0.15) is 18.3 Å². The minimum Gasteiger partial charge on any atom is -0.369 e. The van der Waals surface area contributed by atoms with Gasteiger partial charge in [-0.05, 0) is 54.9 Å². The number of fused-ring (bicyclic) bond motifs is 1. The van der Waals surface area contributed by atoms with Crippen molar-refractivity contribution in [1.82, 2.24) is 9.78 Å². The second-order valence-electron chi connectivity index (χ2n) is 6.88. The number of rotatable bonds is 3. The van der Waals surface area contributed by atoms with E-state index in [4.69, 9.17) is 5.73 Å². The van der Waals surface area contributed by atoms with Crippen molar-refractivity contribution in [3.05, 3.63) is 46.8 Å². The fraction of sp³-hybridized carbons (Fsp3) is 0.444. The summed E-state index contributed by atoms with van der Waals surface area (Å²) in [7, 11) is 0. The number of benzene rings is 1. The molecule has 2 aliphatic carbocycles. The van der Waals surface area contributed by atoms with Gasteiger partial charge in [0.25, 0.3) is 0 Å². The van der Waals surface area contributed by atoms with Crippen LogP contribution in [-0.2, 0) is 23.8 Å². The van der Waals surface area contributed by atoms with Crippen molar-refractivity contribution >= 4 is 5.91 Å². The zero-order valence-electron chi connectivity index (χ0n) is 13.5. The van der Waals surface area contributed by atoms with E-state index in [1.165, 1.54) is 6.07 Å². The van der Waals surface area contributed by atoms with E-state index in [0.717, 1.165) is 30.2 Å². The highest BCUT2D eigenvalue weighted by Crippen LogP contribution is 2.48. The second-order valence-corrected chi connectivity index (χ2v) is 6.88. The minimum atomic E-state index is -4.39. The number of carbonyl (C=O) groups is 1. The van der Waals surface area contributed by atoms with E-state index >= 15 is 0 Å². The predicted octanol–water partition coefficient (Wildman–Crippen LogP) is 3.36. The molecule has 0 radical (unpaired) electrons. The van der Waals surface area contributed by atoms with Crippen LogP contribution in [0, 0.1) is 5.92 Å². The lowest BCUT2D eigenvalue weighted by Gasteiger charge is -2.22. The third-order valence-corrected chi connectivity index (χ3v) is 5.16. The topological polar surface area (TPSA) is 60.9 Å². The Labute approximate surface area is 142 Å². The lowest BCUT2D eigenvalue weighted by Crippen LogP contribution is -2.29. The number of carbonyl (C=O) groups excluding carboxylic acids is 1. The molecule has 1 unspecified atom stereocenters. The molecule has 1 fully saturated rings. The number of alkyl halides is 3. The van der Waals surface area contributed by atoms with Crippen LogP contribution in [0.1, 0.15) is 47.6 Å². The zero-order valence-corrected chi connectivity index (χ0v) is 13.5. The van der Waals surface area contributed by atoms with Gasteiger partial charge < -0.3 is 5.73 Å². The standard InChI is InChI=1S/C18H18F3N3O/c19-18(20,21)13-2-1-3-14(16(13)10-4-5-10)24-15-8-11(17(22)25)6-7-12(15)9-23-24/h1-3,9-11H,4-8H2,(H2,22,25). The molecule has 1 aromatic heterocycles. The van der Waals surface area contributed by atoms with Gasteiger partial charge in [0.05, 0.1) is 17.4 Å². The van der Waals surface area contributed by atoms with Crippen molar-refractivity contribution in [1.29, 1.82) is 0 Å². The van der Waals surface area contributed by atoms with Gasteiger partial charge in [-0.1, -0.05) is 6.07 Å². The molecule has 1 amide bonds. The molecule has 1 atom stereocenters. The fourth-order valence-corrected chi connectivity index (χ4v) is 3.74. The highest BCUT2D eigenvalue weighted by atomic mass is 19.4. The minimum absolute atomic E-state index is 0.0804. The Hall–Kier alpha value is -2.31. The molecule has 132 valence electrons. The molecule has 0 spiro atoms. The van der Waals surface area contributed by atoms with Crippen LogP contribution in [0.2, 0.25) is 0 Å². The maximum absolute atomic E-state index is 13.5. The molecule has 7 heteroatoms. The van der Waals surface area contributed by atoms with E-state index in [2.05, 4.69) is 5.10 Å². The van der Waals surface area contributed by atoms with Crippen LogP contribution in [0.3, 0.4) is 0 Å². The molecule has 4 nitrogen and oxygen atoms in total. The molecule has 1 aromatic carbocycles. The second kappa shape index (κ2) is 5.61. The molecular weight excluding hydrogens is 331 g/mol. The summed E-state index contributed by atoms with van der Waals surface area (Å²) in [4.78, 5) is 11.5. The number of primary amides is 1. The first-order chi connectivity index (χ1) is 11.9. The van der Waals surface area contributed by atoms with Gasteiger partial charge in [-0.3, -0.25) is 4.79 Å². The Morgan fingerprint density at radius 3 is 2.64 bits per heavy atom. The van der Waals surface area contributed by atoms with E-state index in [0.29, 0.717) is 30.5 Å². The lowest BCUT2D eigenvalue weighted by molar-refractivity contribution is -0.138. The summed E-state index contributed by atoms with van der Waals surface area (Å²) in [6.07, 6.45) is 0.569. The number of nitrogens with zero attached hydrogens (tertiary/aromatic N) is 2. The predicted molar refractivity (Wildman–Crippen MR) is 85.3 cm³/mol. The van der Waals surface area contributed by atoms with Crippen molar-refractivity contribution in [2.75, 3.05) is 0 Å². The molecule has 2 aromatic rings. The quantitative estimate of drug-likeness (QED) is 0.924. The summed E-state index contributed by atoms with van der Waals surface area (Å²) < 4.78 is 42.0. The Morgan fingerprint density at radius 1 is 1.24 bits per heavy atom. The zero-order chi connectivity index (χ0) is 17.8. The summed E-state index contributed by atoms with van der Waals surface area (Å²) >= 11 is 0. The summed E-state index contributed by atoms with van der Waals surface area (Å²) in [5, 5.41) is 4.35.